The van der Waals surface area contributed by atoms with Crippen molar-refractivity contribution in [1.29, 1.82) is 0 Å². The SMILES string of the molecule is CN1CCCC2CN(c3ccnc(CCl)c3)CCC21. The van der Waals surface area contributed by atoms with Crippen molar-refractivity contribution < 1.29 is 0 Å². The first-order chi connectivity index (χ1) is 9.28. The number of rotatable bonds is 2. The summed E-state index contributed by atoms with van der Waals surface area (Å²) >= 11 is 5.88. The van der Waals surface area contributed by atoms with Crippen molar-refractivity contribution >= 4 is 17.3 Å². The largest absolute Gasteiger partial charge is 0.371 e. The summed E-state index contributed by atoms with van der Waals surface area (Å²) in [6, 6.07) is 5.04. The molecule has 1 aromatic heterocycles. The Morgan fingerprint density at radius 2 is 2.26 bits per heavy atom. The van der Waals surface area contributed by atoms with Crippen LogP contribution in [0, 0.1) is 5.92 Å². The van der Waals surface area contributed by atoms with Gasteiger partial charge in [0, 0.05) is 31.0 Å². The van der Waals surface area contributed by atoms with E-state index in [1.54, 1.807) is 0 Å². The smallest absolute Gasteiger partial charge is 0.0648 e. The predicted octanol–water partition coefficient (Wildman–Crippen LogP) is 2.74. The van der Waals surface area contributed by atoms with Gasteiger partial charge >= 0.3 is 0 Å². The number of alkyl halides is 1. The fraction of sp³-hybridized carbons (Fsp3) is 0.667. The Hall–Kier alpha value is -0.800. The van der Waals surface area contributed by atoms with Gasteiger partial charge in [-0.3, -0.25) is 4.98 Å². The van der Waals surface area contributed by atoms with Gasteiger partial charge in [-0.15, -0.1) is 11.6 Å². The van der Waals surface area contributed by atoms with E-state index in [-0.39, 0.29) is 0 Å². The summed E-state index contributed by atoms with van der Waals surface area (Å²) in [6.45, 7) is 3.60. The van der Waals surface area contributed by atoms with E-state index < -0.39 is 0 Å². The Kier molecular flexibility index (Phi) is 3.94. The van der Waals surface area contributed by atoms with Crippen LogP contribution >= 0.6 is 11.6 Å². The number of nitrogens with zero attached hydrogens (tertiary/aromatic N) is 3. The van der Waals surface area contributed by atoms with Crippen molar-refractivity contribution in [2.45, 2.75) is 31.2 Å². The number of hydrogen-bond acceptors (Lipinski definition) is 3. The molecule has 0 spiro atoms. The number of pyridine rings is 1. The molecule has 3 heterocycles. The molecule has 3 rings (SSSR count). The van der Waals surface area contributed by atoms with Crippen LogP contribution in [0.25, 0.3) is 0 Å². The molecular formula is C15H22ClN3. The Morgan fingerprint density at radius 3 is 3.11 bits per heavy atom. The zero-order chi connectivity index (χ0) is 13.2. The van der Waals surface area contributed by atoms with Crippen molar-refractivity contribution in [3.8, 4) is 0 Å². The number of fused-ring (bicyclic) bond motifs is 1. The van der Waals surface area contributed by atoms with E-state index in [2.05, 4.69) is 34.0 Å². The Balaban J connectivity index is 1.73. The van der Waals surface area contributed by atoms with Crippen LogP contribution in [0.1, 0.15) is 25.0 Å². The van der Waals surface area contributed by atoms with Crippen molar-refractivity contribution in [3.63, 3.8) is 0 Å². The molecule has 0 saturated carbocycles. The summed E-state index contributed by atoms with van der Waals surface area (Å²) in [7, 11) is 2.28. The molecule has 19 heavy (non-hydrogen) atoms. The minimum Gasteiger partial charge on any atom is -0.371 e. The minimum absolute atomic E-state index is 0.496. The van der Waals surface area contributed by atoms with E-state index in [4.69, 9.17) is 11.6 Å². The van der Waals surface area contributed by atoms with Crippen LogP contribution in [0.5, 0.6) is 0 Å². The van der Waals surface area contributed by atoms with Gasteiger partial charge in [0.25, 0.3) is 0 Å². The number of hydrogen-bond donors (Lipinski definition) is 0. The highest BCUT2D eigenvalue weighted by atomic mass is 35.5. The second-order valence-corrected chi connectivity index (χ2v) is 6.09. The Morgan fingerprint density at radius 1 is 1.37 bits per heavy atom. The maximum atomic E-state index is 5.88. The first kappa shape index (κ1) is 13.2. The highest BCUT2D eigenvalue weighted by Crippen LogP contribution is 2.31. The van der Waals surface area contributed by atoms with Crippen molar-refractivity contribution in [1.82, 2.24) is 9.88 Å². The van der Waals surface area contributed by atoms with Gasteiger partial charge < -0.3 is 9.80 Å². The van der Waals surface area contributed by atoms with Gasteiger partial charge in [0.2, 0.25) is 0 Å². The fourth-order valence-corrected chi connectivity index (χ4v) is 3.77. The molecule has 2 aliphatic heterocycles. The molecule has 2 unspecified atom stereocenters. The van der Waals surface area contributed by atoms with E-state index in [0.717, 1.165) is 24.2 Å². The summed E-state index contributed by atoms with van der Waals surface area (Å²) in [6.07, 6.45) is 5.87. The molecule has 3 nitrogen and oxygen atoms in total. The quantitative estimate of drug-likeness (QED) is 0.776. The molecule has 0 amide bonds. The summed E-state index contributed by atoms with van der Waals surface area (Å²) in [5, 5.41) is 0. The second kappa shape index (κ2) is 5.68. The maximum Gasteiger partial charge on any atom is 0.0648 e. The molecule has 4 heteroatoms. The van der Waals surface area contributed by atoms with E-state index in [0.29, 0.717) is 5.88 Å². The fourth-order valence-electron chi connectivity index (χ4n) is 3.62. The topological polar surface area (TPSA) is 19.4 Å². The molecule has 2 fully saturated rings. The lowest BCUT2D eigenvalue weighted by molar-refractivity contribution is 0.102. The minimum atomic E-state index is 0.496. The first-order valence-electron chi connectivity index (χ1n) is 7.24. The van der Waals surface area contributed by atoms with Gasteiger partial charge in [-0.25, -0.2) is 0 Å². The molecule has 104 valence electrons. The average molecular weight is 280 g/mol. The number of anilines is 1. The van der Waals surface area contributed by atoms with Crippen LogP contribution in [0.3, 0.4) is 0 Å². The van der Waals surface area contributed by atoms with Gasteiger partial charge in [0.15, 0.2) is 0 Å². The van der Waals surface area contributed by atoms with Crippen LogP contribution in [-0.2, 0) is 5.88 Å². The molecule has 2 saturated heterocycles. The van der Waals surface area contributed by atoms with E-state index in [1.165, 1.54) is 38.0 Å². The average Bonchev–Trinajstić information content (AvgIpc) is 2.47. The van der Waals surface area contributed by atoms with Crippen LogP contribution < -0.4 is 4.90 Å². The zero-order valence-electron chi connectivity index (χ0n) is 11.6. The zero-order valence-corrected chi connectivity index (χ0v) is 12.3. The van der Waals surface area contributed by atoms with Crippen LogP contribution in [0.15, 0.2) is 18.3 Å². The normalized spacial score (nSPS) is 28.2. The number of aromatic nitrogens is 1. The van der Waals surface area contributed by atoms with Gasteiger partial charge in [-0.1, -0.05) is 0 Å². The molecular weight excluding hydrogens is 258 g/mol. The monoisotopic (exact) mass is 279 g/mol. The molecule has 2 atom stereocenters. The summed E-state index contributed by atoms with van der Waals surface area (Å²) < 4.78 is 0. The number of likely N-dealkylation sites (tertiary alicyclic amines) is 1. The maximum absolute atomic E-state index is 5.88. The molecule has 0 N–H and O–H groups in total. The Labute approximate surface area is 120 Å². The summed E-state index contributed by atoms with van der Waals surface area (Å²) in [4.78, 5) is 9.35. The molecule has 0 aliphatic carbocycles. The summed E-state index contributed by atoms with van der Waals surface area (Å²) in [5.41, 5.74) is 2.26. The van der Waals surface area contributed by atoms with Crippen LogP contribution in [0.4, 0.5) is 5.69 Å². The lowest BCUT2D eigenvalue weighted by Gasteiger charge is -2.46. The number of piperidine rings is 2. The standard InChI is InChI=1S/C15H22ClN3/c1-18-7-2-3-12-11-19(8-5-15(12)18)14-4-6-17-13(9-14)10-16/h4,6,9,12,15H,2-3,5,7-8,10-11H2,1H3. The highest BCUT2D eigenvalue weighted by molar-refractivity contribution is 6.16. The van der Waals surface area contributed by atoms with Gasteiger partial charge in [-0.05, 0) is 50.9 Å². The highest BCUT2D eigenvalue weighted by Gasteiger charge is 2.34. The molecule has 0 radical (unpaired) electrons. The van der Waals surface area contributed by atoms with E-state index in [1.807, 2.05) is 6.20 Å². The van der Waals surface area contributed by atoms with Gasteiger partial charge in [0.05, 0.1) is 11.6 Å². The third-order valence-electron chi connectivity index (χ3n) is 4.65. The third kappa shape index (κ3) is 2.72. The molecule has 0 bridgehead atoms. The van der Waals surface area contributed by atoms with E-state index in [9.17, 15) is 0 Å². The molecule has 0 aromatic carbocycles. The Bertz CT molecular complexity index is 437. The third-order valence-corrected chi connectivity index (χ3v) is 4.92. The summed E-state index contributed by atoms with van der Waals surface area (Å²) in [5.74, 6) is 1.32. The number of halogens is 1. The molecule has 2 aliphatic rings. The lowest BCUT2D eigenvalue weighted by atomic mass is 9.84. The van der Waals surface area contributed by atoms with Crippen molar-refractivity contribution in [2.24, 2.45) is 5.92 Å². The second-order valence-electron chi connectivity index (χ2n) is 5.82. The first-order valence-corrected chi connectivity index (χ1v) is 7.77. The van der Waals surface area contributed by atoms with E-state index >= 15 is 0 Å². The predicted molar refractivity (Wildman–Crippen MR) is 79.8 cm³/mol. The van der Waals surface area contributed by atoms with Crippen molar-refractivity contribution in [2.75, 3.05) is 31.6 Å². The molecule has 1 aromatic rings. The van der Waals surface area contributed by atoms with Crippen LogP contribution in [0.2, 0.25) is 0 Å². The van der Waals surface area contributed by atoms with Crippen molar-refractivity contribution in [3.05, 3.63) is 24.0 Å². The van der Waals surface area contributed by atoms with Gasteiger partial charge in [0.1, 0.15) is 0 Å². The lowest BCUT2D eigenvalue weighted by Crippen LogP contribution is -2.52. The van der Waals surface area contributed by atoms with Gasteiger partial charge in [-0.2, -0.15) is 0 Å². The van der Waals surface area contributed by atoms with Crippen LogP contribution in [-0.4, -0.2) is 42.6 Å².